The molecule has 0 aromatic heterocycles. The van der Waals surface area contributed by atoms with Crippen molar-refractivity contribution in [1.29, 1.82) is 0 Å². The molecule has 0 spiro atoms. The van der Waals surface area contributed by atoms with Crippen LogP contribution in [-0.4, -0.2) is 73.6 Å². The zero-order valence-corrected chi connectivity index (χ0v) is 11.6. The van der Waals surface area contributed by atoms with Crippen LogP contribution in [0.5, 0.6) is 0 Å². The lowest BCUT2D eigenvalue weighted by atomic mass is 10.2. The van der Waals surface area contributed by atoms with Crippen molar-refractivity contribution >= 4 is 11.8 Å². The van der Waals surface area contributed by atoms with Crippen LogP contribution in [0, 0.1) is 0 Å². The molecule has 0 aromatic carbocycles. The molecule has 0 aromatic rings. The molecule has 6 nitrogen and oxygen atoms in total. The fraction of sp³-hybridized carbons (Fsp3) is 0.846. The SMILES string of the molecule is CCN1CCN(C(=O)C(=O)NCC2CCCO2)CC1. The number of nitrogens with one attached hydrogen (secondary N) is 1. The fourth-order valence-corrected chi connectivity index (χ4v) is 2.50. The molecular weight excluding hydrogens is 246 g/mol. The van der Waals surface area contributed by atoms with Gasteiger partial charge in [-0.3, -0.25) is 9.59 Å². The highest BCUT2D eigenvalue weighted by Crippen LogP contribution is 2.10. The van der Waals surface area contributed by atoms with E-state index in [1.165, 1.54) is 0 Å². The molecule has 2 saturated heterocycles. The summed E-state index contributed by atoms with van der Waals surface area (Å²) in [4.78, 5) is 27.6. The molecule has 1 N–H and O–H groups in total. The average Bonchev–Trinajstić information content (AvgIpc) is 2.97. The number of hydrogen-bond donors (Lipinski definition) is 1. The normalized spacial score (nSPS) is 24.5. The second-order valence-electron chi connectivity index (χ2n) is 5.07. The first-order chi connectivity index (χ1) is 9.20. The van der Waals surface area contributed by atoms with Gasteiger partial charge in [0.05, 0.1) is 6.10 Å². The van der Waals surface area contributed by atoms with Gasteiger partial charge in [0.1, 0.15) is 0 Å². The van der Waals surface area contributed by atoms with E-state index in [2.05, 4.69) is 17.1 Å². The highest BCUT2D eigenvalue weighted by Gasteiger charge is 2.26. The van der Waals surface area contributed by atoms with Crippen LogP contribution < -0.4 is 5.32 Å². The summed E-state index contributed by atoms with van der Waals surface area (Å²) in [5.74, 6) is -0.908. The number of rotatable bonds is 3. The van der Waals surface area contributed by atoms with E-state index in [0.29, 0.717) is 19.6 Å². The number of likely N-dealkylation sites (N-methyl/N-ethyl adjacent to an activating group) is 1. The molecule has 0 radical (unpaired) electrons. The molecule has 1 atom stereocenters. The van der Waals surface area contributed by atoms with E-state index in [4.69, 9.17) is 4.74 Å². The summed E-state index contributed by atoms with van der Waals surface area (Å²) >= 11 is 0. The van der Waals surface area contributed by atoms with E-state index in [9.17, 15) is 9.59 Å². The van der Waals surface area contributed by atoms with E-state index < -0.39 is 11.8 Å². The lowest BCUT2D eigenvalue weighted by molar-refractivity contribution is -0.147. The van der Waals surface area contributed by atoms with Gasteiger partial charge in [0, 0.05) is 39.3 Å². The molecular formula is C13H23N3O3. The Kier molecular flexibility index (Phi) is 5.15. The van der Waals surface area contributed by atoms with Gasteiger partial charge in [0.25, 0.3) is 0 Å². The molecule has 19 heavy (non-hydrogen) atoms. The Morgan fingerprint density at radius 3 is 2.58 bits per heavy atom. The molecule has 2 aliphatic rings. The summed E-state index contributed by atoms with van der Waals surface area (Å²) in [6, 6.07) is 0. The van der Waals surface area contributed by atoms with Crippen molar-refractivity contribution in [2.45, 2.75) is 25.9 Å². The van der Waals surface area contributed by atoms with Gasteiger partial charge in [-0.05, 0) is 19.4 Å². The molecule has 0 bridgehead atoms. The van der Waals surface area contributed by atoms with Gasteiger partial charge >= 0.3 is 11.8 Å². The first-order valence-corrected chi connectivity index (χ1v) is 7.11. The van der Waals surface area contributed by atoms with Gasteiger partial charge in [-0.1, -0.05) is 6.92 Å². The Morgan fingerprint density at radius 1 is 1.26 bits per heavy atom. The van der Waals surface area contributed by atoms with E-state index in [1.807, 2.05) is 0 Å². The third-order valence-corrected chi connectivity index (χ3v) is 3.82. The van der Waals surface area contributed by atoms with Crippen LogP contribution in [0.25, 0.3) is 0 Å². The van der Waals surface area contributed by atoms with E-state index in [0.717, 1.165) is 39.1 Å². The van der Waals surface area contributed by atoms with Gasteiger partial charge in [0.15, 0.2) is 0 Å². The molecule has 6 heteroatoms. The quantitative estimate of drug-likeness (QED) is 0.698. The zero-order chi connectivity index (χ0) is 13.7. The van der Waals surface area contributed by atoms with Crippen molar-refractivity contribution < 1.29 is 14.3 Å². The van der Waals surface area contributed by atoms with E-state index in [1.54, 1.807) is 4.90 Å². The van der Waals surface area contributed by atoms with Gasteiger partial charge in [-0.25, -0.2) is 0 Å². The molecule has 2 fully saturated rings. The lowest BCUT2D eigenvalue weighted by Gasteiger charge is -2.33. The Bertz CT molecular complexity index is 321. The summed E-state index contributed by atoms with van der Waals surface area (Å²) in [6.07, 6.45) is 2.07. The molecule has 2 rings (SSSR count). The first kappa shape index (κ1) is 14.3. The molecule has 2 aliphatic heterocycles. The Hall–Kier alpha value is -1.14. The third-order valence-electron chi connectivity index (χ3n) is 3.82. The zero-order valence-electron chi connectivity index (χ0n) is 11.6. The number of carbonyl (C=O) groups is 2. The van der Waals surface area contributed by atoms with Crippen LogP contribution in [0.15, 0.2) is 0 Å². The van der Waals surface area contributed by atoms with Crippen molar-refractivity contribution in [1.82, 2.24) is 15.1 Å². The highest BCUT2D eigenvalue weighted by atomic mass is 16.5. The summed E-state index contributed by atoms with van der Waals surface area (Å²) in [7, 11) is 0. The van der Waals surface area contributed by atoms with Crippen LogP contribution >= 0.6 is 0 Å². The predicted octanol–water partition coefficient (Wildman–Crippen LogP) is -0.554. The molecule has 2 amide bonds. The minimum atomic E-state index is -0.500. The number of amides is 2. The number of ether oxygens (including phenoxy) is 1. The summed E-state index contributed by atoms with van der Waals surface area (Å²) < 4.78 is 5.41. The van der Waals surface area contributed by atoms with Crippen LogP contribution in [0.2, 0.25) is 0 Å². The minimum Gasteiger partial charge on any atom is -0.376 e. The van der Waals surface area contributed by atoms with E-state index in [-0.39, 0.29) is 6.10 Å². The maximum atomic E-state index is 12.0. The second-order valence-corrected chi connectivity index (χ2v) is 5.07. The van der Waals surface area contributed by atoms with Crippen LogP contribution in [0.3, 0.4) is 0 Å². The predicted molar refractivity (Wildman–Crippen MR) is 70.7 cm³/mol. The number of carbonyl (C=O) groups excluding carboxylic acids is 2. The van der Waals surface area contributed by atoms with Crippen LogP contribution in [-0.2, 0) is 14.3 Å². The van der Waals surface area contributed by atoms with Crippen LogP contribution in [0.1, 0.15) is 19.8 Å². The number of hydrogen-bond acceptors (Lipinski definition) is 4. The maximum Gasteiger partial charge on any atom is 0.311 e. The monoisotopic (exact) mass is 269 g/mol. The van der Waals surface area contributed by atoms with Gasteiger partial charge in [-0.2, -0.15) is 0 Å². The Morgan fingerprint density at radius 2 is 2.00 bits per heavy atom. The first-order valence-electron chi connectivity index (χ1n) is 7.11. The van der Waals surface area contributed by atoms with Crippen molar-refractivity contribution in [3.05, 3.63) is 0 Å². The standard InChI is InChI=1S/C13H23N3O3/c1-2-15-5-7-16(8-6-15)13(18)12(17)14-10-11-4-3-9-19-11/h11H,2-10H2,1H3,(H,14,17). The largest absolute Gasteiger partial charge is 0.376 e. The van der Waals surface area contributed by atoms with Crippen molar-refractivity contribution in [3.8, 4) is 0 Å². The molecule has 108 valence electrons. The summed E-state index contributed by atoms with van der Waals surface area (Å²) in [6.45, 7) is 7.27. The maximum absolute atomic E-state index is 12.0. The van der Waals surface area contributed by atoms with Gasteiger partial charge in [0.2, 0.25) is 0 Å². The van der Waals surface area contributed by atoms with E-state index >= 15 is 0 Å². The molecule has 2 heterocycles. The minimum absolute atomic E-state index is 0.0775. The van der Waals surface area contributed by atoms with Crippen molar-refractivity contribution in [3.63, 3.8) is 0 Å². The fourth-order valence-electron chi connectivity index (χ4n) is 2.50. The summed E-state index contributed by atoms with van der Waals surface area (Å²) in [5, 5.41) is 2.68. The van der Waals surface area contributed by atoms with Crippen molar-refractivity contribution in [2.24, 2.45) is 0 Å². The molecule has 0 saturated carbocycles. The average molecular weight is 269 g/mol. The summed E-state index contributed by atoms with van der Waals surface area (Å²) in [5.41, 5.74) is 0. The number of piperazine rings is 1. The lowest BCUT2D eigenvalue weighted by Crippen LogP contribution is -2.53. The number of nitrogens with zero attached hydrogens (tertiary/aromatic N) is 2. The Balaban J connectivity index is 1.71. The highest BCUT2D eigenvalue weighted by molar-refractivity contribution is 6.35. The van der Waals surface area contributed by atoms with Gasteiger partial charge < -0.3 is 19.9 Å². The smallest absolute Gasteiger partial charge is 0.311 e. The topological polar surface area (TPSA) is 61.9 Å². The molecule has 0 aliphatic carbocycles. The second kappa shape index (κ2) is 6.86. The van der Waals surface area contributed by atoms with Gasteiger partial charge in [-0.15, -0.1) is 0 Å². The van der Waals surface area contributed by atoms with Crippen molar-refractivity contribution in [2.75, 3.05) is 45.9 Å². The Labute approximate surface area is 114 Å². The van der Waals surface area contributed by atoms with Crippen LogP contribution in [0.4, 0.5) is 0 Å². The third kappa shape index (κ3) is 3.91. The molecule has 1 unspecified atom stereocenters.